The first-order valence-corrected chi connectivity index (χ1v) is 8.15. The molecule has 108 valence electrons. The smallest absolute Gasteiger partial charge is 0.0552 e. The first-order valence-electron chi connectivity index (χ1n) is 7.00. The van der Waals surface area contributed by atoms with Crippen LogP contribution in [0, 0.1) is 5.92 Å². The first kappa shape index (κ1) is 16.5. The standard InChI is InChI=1S/C16H27NOS/c1-13(2)11-14-5-7-15(8-6-14)16(17-3)12-19-10-9-18-4/h5-8,13,16-17H,9-12H2,1-4H3. The minimum Gasteiger partial charge on any atom is -0.384 e. The van der Waals surface area contributed by atoms with E-state index in [0.29, 0.717) is 6.04 Å². The zero-order valence-electron chi connectivity index (χ0n) is 12.6. The molecule has 0 saturated carbocycles. The number of nitrogens with one attached hydrogen (secondary N) is 1. The number of methoxy groups -OCH3 is 1. The van der Waals surface area contributed by atoms with E-state index in [2.05, 4.69) is 43.4 Å². The van der Waals surface area contributed by atoms with E-state index in [1.165, 1.54) is 11.1 Å². The molecule has 0 spiro atoms. The minimum atomic E-state index is 0.426. The monoisotopic (exact) mass is 281 g/mol. The van der Waals surface area contributed by atoms with Gasteiger partial charge >= 0.3 is 0 Å². The molecular weight excluding hydrogens is 254 g/mol. The fraction of sp³-hybridized carbons (Fsp3) is 0.625. The van der Waals surface area contributed by atoms with Crippen LogP contribution in [0.2, 0.25) is 0 Å². The fourth-order valence-electron chi connectivity index (χ4n) is 2.05. The Bertz CT molecular complexity index is 337. The van der Waals surface area contributed by atoms with Crippen LogP contribution >= 0.6 is 11.8 Å². The second kappa shape index (κ2) is 9.40. The van der Waals surface area contributed by atoms with Gasteiger partial charge in [-0.25, -0.2) is 0 Å². The summed E-state index contributed by atoms with van der Waals surface area (Å²) in [5.41, 5.74) is 2.81. The van der Waals surface area contributed by atoms with Crippen molar-refractivity contribution >= 4 is 11.8 Å². The molecule has 1 rings (SSSR count). The van der Waals surface area contributed by atoms with Gasteiger partial charge in [-0.1, -0.05) is 38.1 Å². The molecule has 1 N–H and O–H groups in total. The SMILES string of the molecule is CNC(CSCCOC)c1ccc(CC(C)C)cc1. The molecule has 0 aliphatic carbocycles. The van der Waals surface area contributed by atoms with Crippen LogP contribution in [0.1, 0.15) is 31.0 Å². The van der Waals surface area contributed by atoms with Crippen molar-refractivity contribution in [2.24, 2.45) is 5.92 Å². The highest BCUT2D eigenvalue weighted by Gasteiger charge is 2.09. The normalized spacial score (nSPS) is 12.9. The molecule has 1 unspecified atom stereocenters. The molecule has 2 nitrogen and oxygen atoms in total. The Morgan fingerprint density at radius 2 is 1.89 bits per heavy atom. The Hall–Kier alpha value is -0.510. The van der Waals surface area contributed by atoms with E-state index >= 15 is 0 Å². The van der Waals surface area contributed by atoms with Gasteiger partial charge in [-0.15, -0.1) is 0 Å². The third-order valence-corrected chi connectivity index (χ3v) is 4.12. The molecule has 0 radical (unpaired) electrons. The van der Waals surface area contributed by atoms with Crippen molar-refractivity contribution in [3.05, 3.63) is 35.4 Å². The van der Waals surface area contributed by atoms with E-state index in [1.807, 2.05) is 18.8 Å². The van der Waals surface area contributed by atoms with Crippen molar-refractivity contribution in [2.45, 2.75) is 26.3 Å². The van der Waals surface area contributed by atoms with Crippen LogP contribution in [-0.4, -0.2) is 32.3 Å². The lowest BCUT2D eigenvalue weighted by atomic mass is 10.00. The lowest BCUT2D eigenvalue weighted by Gasteiger charge is -2.17. The average Bonchev–Trinajstić information content (AvgIpc) is 2.40. The number of rotatable bonds is 9. The molecule has 0 aromatic heterocycles. The molecule has 1 aromatic rings. The molecule has 0 aliphatic heterocycles. The maximum Gasteiger partial charge on any atom is 0.0552 e. The molecule has 0 fully saturated rings. The Morgan fingerprint density at radius 3 is 2.42 bits per heavy atom. The Kier molecular flexibility index (Phi) is 8.19. The van der Waals surface area contributed by atoms with Gasteiger partial charge in [-0.05, 0) is 30.5 Å². The zero-order chi connectivity index (χ0) is 14.1. The molecular formula is C16H27NOS. The fourth-order valence-corrected chi connectivity index (χ4v) is 3.09. The summed E-state index contributed by atoms with van der Waals surface area (Å²) in [5.74, 6) is 2.86. The van der Waals surface area contributed by atoms with Crippen LogP contribution in [-0.2, 0) is 11.2 Å². The van der Waals surface area contributed by atoms with E-state index in [1.54, 1.807) is 7.11 Å². The van der Waals surface area contributed by atoms with Gasteiger partial charge in [-0.3, -0.25) is 0 Å². The maximum atomic E-state index is 5.07. The first-order chi connectivity index (χ1) is 9.17. The highest BCUT2D eigenvalue weighted by atomic mass is 32.2. The third-order valence-electron chi connectivity index (χ3n) is 3.09. The van der Waals surface area contributed by atoms with Gasteiger partial charge in [0.05, 0.1) is 6.61 Å². The van der Waals surface area contributed by atoms with Crippen LogP contribution in [0.3, 0.4) is 0 Å². The summed E-state index contributed by atoms with van der Waals surface area (Å²) in [6.45, 7) is 5.35. The van der Waals surface area contributed by atoms with Crippen molar-refractivity contribution in [1.82, 2.24) is 5.32 Å². The number of hydrogen-bond acceptors (Lipinski definition) is 3. The van der Waals surface area contributed by atoms with Crippen LogP contribution in [0.4, 0.5) is 0 Å². The van der Waals surface area contributed by atoms with Gasteiger partial charge in [0.15, 0.2) is 0 Å². The summed E-state index contributed by atoms with van der Waals surface area (Å²) in [6, 6.07) is 9.47. The van der Waals surface area contributed by atoms with Crippen molar-refractivity contribution in [1.29, 1.82) is 0 Å². The Labute approximate surface area is 122 Å². The zero-order valence-corrected chi connectivity index (χ0v) is 13.4. The molecule has 0 heterocycles. The second-order valence-corrected chi connectivity index (χ2v) is 6.40. The predicted molar refractivity (Wildman–Crippen MR) is 86.0 cm³/mol. The summed E-state index contributed by atoms with van der Waals surface area (Å²) >= 11 is 1.93. The third kappa shape index (κ3) is 6.46. The van der Waals surface area contributed by atoms with E-state index in [-0.39, 0.29) is 0 Å². The number of thioether (sulfide) groups is 1. The second-order valence-electron chi connectivity index (χ2n) is 5.25. The molecule has 0 aliphatic rings. The minimum absolute atomic E-state index is 0.426. The Balaban J connectivity index is 2.51. The summed E-state index contributed by atoms with van der Waals surface area (Å²) in [4.78, 5) is 0. The number of benzene rings is 1. The highest BCUT2D eigenvalue weighted by Crippen LogP contribution is 2.19. The summed E-state index contributed by atoms with van der Waals surface area (Å²) in [5, 5.41) is 3.39. The molecule has 0 amide bonds. The largest absolute Gasteiger partial charge is 0.384 e. The van der Waals surface area contributed by atoms with E-state index in [9.17, 15) is 0 Å². The predicted octanol–water partition coefficient (Wildman–Crippen LogP) is 3.53. The molecule has 0 bridgehead atoms. The van der Waals surface area contributed by atoms with E-state index in [4.69, 9.17) is 4.74 Å². The van der Waals surface area contributed by atoms with E-state index < -0.39 is 0 Å². The lowest BCUT2D eigenvalue weighted by molar-refractivity contribution is 0.218. The molecule has 1 aromatic carbocycles. The quantitative estimate of drug-likeness (QED) is 0.700. The summed E-state index contributed by atoms with van der Waals surface area (Å²) in [6.07, 6.45) is 1.16. The van der Waals surface area contributed by atoms with Gasteiger partial charge < -0.3 is 10.1 Å². The van der Waals surface area contributed by atoms with Gasteiger partial charge in [0.1, 0.15) is 0 Å². The van der Waals surface area contributed by atoms with Crippen molar-refractivity contribution in [3.8, 4) is 0 Å². The molecule has 1 atom stereocenters. The Morgan fingerprint density at radius 1 is 1.21 bits per heavy atom. The topological polar surface area (TPSA) is 21.3 Å². The van der Waals surface area contributed by atoms with Crippen LogP contribution in [0.25, 0.3) is 0 Å². The van der Waals surface area contributed by atoms with Crippen molar-refractivity contribution in [3.63, 3.8) is 0 Å². The lowest BCUT2D eigenvalue weighted by Crippen LogP contribution is -2.19. The maximum absolute atomic E-state index is 5.07. The van der Waals surface area contributed by atoms with Gasteiger partial charge in [0.25, 0.3) is 0 Å². The summed E-state index contributed by atoms with van der Waals surface area (Å²) in [7, 11) is 3.78. The number of ether oxygens (including phenoxy) is 1. The van der Waals surface area contributed by atoms with Crippen LogP contribution < -0.4 is 5.32 Å². The van der Waals surface area contributed by atoms with Crippen LogP contribution in [0.15, 0.2) is 24.3 Å². The molecule has 3 heteroatoms. The van der Waals surface area contributed by atoms with Crippen LogP contribution in [0.5, 0.6) is 0 Å². The van der Waals surface area contributed by atoms with Gasteiger partial charge in [0.2, 0.25) is 0 Å². The van der Waals surface area contributed by atoms with Gasteiger partial charge in [-0.2, -0.15) is 11.8 Å². The summed E-state index contributed by atoms with van der Waals surface area (Å²) < 4.78 is 5.07. The average molecular weight is 281 g/mol. The van der Waals surface area contributed by atoms with E-state index in [0.717, 1.165) is 30.5 Å². The van der Waals surface area contributed by atoms with Gasteiger partial charge in [0, 0.05) is 24.7 Å². The van der Waals surface area contributed by atoms with Crippen molar-refractivity contribution in [2.75, 3.05) is 32.3 Å². The van der Waals surface area contributed by atoms with Crippen molar-refractivity contribution < 1.29 is 4.74 Å². The number of hydrogen-bond donors (Lipinski definition) is 1. The highest BCUT2D eigenvalue weighted by molar-refractivity contribution is 7.99. The molecule has 0 saturated heterocycles. The molecule has 19 heavy (non-hydrogen) atoms.